The molecule has 0 aliphatic carbocycles. The third-order valence-corrected chi connectivity index (χ3v) is 3.93. The lowest BCUT2D eigenvalue weighted by Gasteiger charge is -2.06. The highest BCUT2D eigenvalue weighted by molar-refractivity contribution is 5.91. The van der Waals surface area contributed by atoms with Gasteiger partial charge in [-0.15, -0.1) is 0 Å². The first-order valence-corrected chi connectivity index (χ1v) is 9.05. The summed E-state index contributed by atoms with van der Waals surface area (Å²) < 4.78 is 14.3. The van der Waals surface area contributed by atoms with E-state index in [1.807, 2.05) is 24.3 Å². The monoisotopic (exact) mass is 421 g/mol. The number of carbonyl (C=O) groups excluding carboxylic acids is 1. The van der Waals surface area contributed by atoms with Crippen molar-refractivity contribution in [3.63, 3.8) is 0 Å². The number of methoxy groups -OCH3 is 3. The molecule has 0 unspecified atom stereocenters. The molecular formula is C22H23N5O4. The van der Waals surface area contributed by atoms with Crippen LogP contribution in [0.25, 0.3) is 0 Å². The summed E-state index contributed by atoms with van der Waals surface area (Å²) in [5.41, 5.74) is 13.8. The van der Waals surface area contributed by atoms with E-state index >= 15 is 0 Å². The van der Waals surface area contributed by atoms with Crippen molar-refractivity contribution in [2.45, 2.75) is 6.42 Å². The molecular weight excluding hydrogens is 398 g/mol. The molecule has 4 N–H and O–H groups in total. The molecule has 3 aromatic rings. The zero-order chi connectivity index (χ0) is 22.6. The Morgan fingerprint density at radius 1 is 1.10 bits per heavy atom. The Balaban J connectivity index is 0.000000225. The van der Waals surface area contributed by atoms with Crippen LogP contribution in [0.1, 0.15) is 27.2 Å². The number of rotatable bonds is 4. The molecule has 0 amide bonds. The van der Waals surface area contributed by atoms with Crippen molar-refractivity contribution in [1.29, 1.82) is 0 Å². The zero-order valence-corrected chi connectivity index (χ0v) is 17.5. The SMILES string of the molecule is COC#Cc1ncccc1C(=O)OC.COc1cccc(Cc2cnc(N)nc2N)c1. The first kappa shape index (κ1) is 23.0. The summed E-state index contributed by atoms with van der Waals surface area (Å²) in [5, 5.41) is 0. The van der Waals surface area contributed by atoms with Crippen LogP contribution in [0.5, 0.6) is 5.75 Å². The molecule has 160 valence electrons. The summed E-state index contributed by atoms with van der Waals surface area (Å²) in [7, 11) is 4.39. The molecule has 0 spiro atoms. The summed E-state index contributed by atoms with van der Waals surface area (Å²) in [4.78, 5) is 23.0. The molecule has 3 rings (SSSR count). The van der Waals surface area contributed by atoms with Gasteiger partial charge in [-0.3, -0.25) is 0 Å². The summed E-state index contributed by atoms with van der Waals surface area (Å²) in [5.74, 6) is 3.56. The predicted molar refractivity (Wildman–Crippen MR) is 116 cm³/mol. The van der Waals surface area contributed by atoms with Crippen molar-refractivity contribution in [3.05, 3.63) is 71.2 Å². The van der Waals surface area contributed by atoms with E-state index in [2.05, 4.69) is 36.5 Å². The van der Waals surface area contributed by atoms with Crippen molar-refractivity contribution in [1.82, 2.24) is 15.0 Å². The Morgan fingerprint density at radius 3 is 2.58 bits per heavy atom. The Morgan fingerprint density at radius 2 is 1.90 bits per heavy atom. The highest BCUT2D eigenvalue weighted by Crippen LogP contribution is 2.18. The van der Waals surface area contributed by atoms with Gasteiger partial charge in [0.05, 0.1) is 26.9 Å². The van der Waals surface area contributed by atoms with Gasteiger partial charge in [-0.05, 0) is 35.7 Å². The van der Waals surface area contributed by atoms with Gasteiger partial charge >= 0.3 is 5.97 Å². The number of hydrogen-bond acceptors (Lipinski definition) is 9. The highest BCUT2D eigenvalue weighted by atomic mass is 16.5. The van der Waals surface area contributed by atoms with Crippen LogP contribution < -0.4 is 16.2 Å². The normalized spacial score (nSPS) is 9.39. The quantitative estimate of drug-likeness (QED) is 0.479. The fraction of sp³-hybridized carbons (Fsp3) is 0.182. The van der Waals surface area contributed by atoms with Crippen LogP contribution in [0, 0.1) is 12.0 Å². The van der Waals surface area contributed by atoms with Crippen molar-refractivity contribution in [2.24, 2.45) is 0 Å². The molecule has 0 fully saturated rings. The van der Waals surface area contributed by atoms with E-state index in [9.17, 15) is 4.79 Å². The van der Waals surface area contributed by atoms with E-state index in [-0.39, 0.29) is 5.95 Å². The van der Waals surface area contributed by atoms with Crippen LogP contribution in [0.2, 0.25) is 0 Å². The van der Waals surface area contributed by atoms with E-state index in [1.54, 1.807) is 31.6 Å². The Labute approximate surface area is 180 Å². The Bertz CT molecular complexity index is 1090. The maximum absolute atomic E-state index is 11.2. The fourth-order valence-electron chi connectivity index (χ4n) is 2.45. The molecule has 31 heavy (non-hydrogen) atoms. The lowest BCUT2D eigenvalue weighted by atomic mass is 10.1. The molecule has 2 heterocycles. The van der Waals surface area contributed by atoms with Crippen LogP contribution in [0.3, 0.4) is 0 Å². The number of aromatic nitrogens is 3. The Kier molecular flexibility index (Phi) is 8.61. The molecule has 0 atom stereocenters. The number of anilines is 2. The van der Waals surface area contributed by atoms with Crippen LogP contribution in [0.15, 0.2) is 48.8 Å². The zero-order valence-electron chi connectivity index (χ0n) is 17.5. The molecule has 0 saturated heterocycles. The number of hydrogen-bond donors (Lipinski definition) is 2. The maximum Gasteiger partial charge on any atom is 0.340 e. The first-order valence-electron chi connectivity index (χ1n) is 9.05. The molecule has 0 saturated carbocycles. The van der Waals surface area contributed by atoms with Gasteiger partial charge in [0.1, 0.15) is 23.4 Å². The number of nitrogen functional groups attached to an aromatic ring is 2. The molecule has 0 aliphatic heterocycles. The smallest absolute Gasteiger partial charge is 0.340 e. The van der Waals surface area contributed by atoms with Crippen LogP contribution in [-0.2, 0) is 15.9 Å². The molecule has 9 nitrogen and oxygen atoms in total. The molecule has 9 heteroatoms. The minimum absolute atomic E-state index is 0.192. The summed E-state index contributed by atoms with van der Waals surface area (Å²) in [6.07, 6.45) is 6.22. The summed E-state index contributed by atoms with van der Waals surface area (Å²) in [6, 6.07) is 11.0. The van der Waals surface area contributed by atoms with Crippen molar-refractivity contribution in [2.75, 3.05) is 32.8 Å². The van der Waals surface area contributed by atoms with Gasteiger partial charge in [-0.25, -0.2) is 14.8 Å². The Hall–Kier alpha value is -4.32. The fourth-order valence-corrected chi connectivity index (χ4v) is 2.45. The number of nitrogens with zero attached hydrogens (tertiary/aromatic N) is 3. The molecule has 1 aromatic carbocycles. The van der Waals surface area contributed by atoms with Gasteiger partial charge in [0.2, 0.25) is 5.95 Å². The van der Waals surface area contributed by atoms with E-state index in [4.69, 9.17) is 16.2 Å². The van der Waals surface area contributed by atoms with Crippen LogP contribution in [-0.4, -0.2) is 42.3 Å². The van der Waals surface area contributed by atoms with Gasteiger partial charge < -0.3 is 25.7 Å². The van der Waals surface area contributed by atoms with Gasteiger partial charge in [0.15, 0.2) is 0 Å². The number of ether oxygens (including phenoxy) is 3. The third-order valence-electron chi connectivity index (χ3n) is 3.93. The van der Waals surface area contributed by atoms with Gasteiger partial charge in [0, 0.05) is 24.4 Å². The molecule has 0 radical (unpaired) electrons. The molecule has 2 aromatic heterocycles. The number of nitrogens with two attached hydrogens (primary N) is 2. The van der Waals surface area contributed by atoms with E-state index in [1.165, 1.54) is 14.2 Å². The minimum Gasteiger partial charge on any atom is -0.497 e. The largest absolute Gasteiger partial charge is 0.497 e. The van der Waals surface area contributed by atoms with Gasteiger partial charge in [0.25, 0.3) is 0 Å². The number of esters is 1. The van der Waals surface area contributed by atoms with Crippen LogP contribution >= 0.6 is 0 Å². The van der Waals surface area contributed by atoms with E-state index in [0.29, 0.717) is 23.5 Å². The lowest BCUT2D eigenvalue weighted by Crippen LogP contribution is -2.05. The topological polar surface area (TPSA) is 135 Å². The van der Waals surface area contributed by atoms with Crippen LogP contribution in [0.4, 0.5) is 11.8 Å². The summed E-state index contributed by atoms with van der Waals surface area (Å²) in [6.45, 7) is 0. The average Bonchev–Trinajstić information content (AvgIpc) is 2.80. The van der Waals surface area contributed by atoms with E-state index < -0.39 is 5.97 Å². The summed E-state index contributed by atoms with van der Waals surface area (Å²) >= 11 is 0. The lowest BCUT2D eigenvalue weighted by molar-refractivity contribution is 0.0600. The number of carbonyl (C=O) groups is 1. The molecule has 0 aliphatic rings. The van der Waals surface area contributed by atoms with Gasteiger partial charge in [-0.1, -0.05) is 12.1 Å². The second kappa shape index (κ2) is 11.6. The third kappa shape index (κ3) is 6.90. The number of pyridine rings is 1. The van der Waals surface area contributed by atoms with Gasteiger partial charge in [-0.2, -0.15) is 4.98 Å². The minimum atomic E-state index is -0.460. The highest BCUT2D eigenvalue weighted by Gasteiger charge is 2.10. The average molecular weight is 421 g/mol. The van der Waals surface area contributed by atoms with E-state index in [0.717, 1.165) is 16.9 Å². The standard InChI is InChI=1S/C12H14N4O.C10H9NO3/c1-17-10-4-2-3-8(6-10)5-9-7-15-12(14)16-11(9)13;1-13-7-5-9-8(10(12)14-2)4-3-6-11-9/h2-4,6-7H,5H2,1H3,(H4,13,14,15,16);3-4,6H,1-2H3. The predicted octanol–water partition coefficient (Wildman–Crippen LogP) is 2.06. The molecule has 0 bridgehead atoms. The first-order chi connectivity index (χ1) is 15.0. The number of benzene rings is 1. The maximum atomic E-state index is 11.2. The second-order valence-electron chi connectivity index (χ2n) is 5.99. The second-order valence-corrected chi connectivity index (χ2v) is 5.99. The van der Waals surface area contributed by atoms with Crippen molar-refractivity contribution < 1.29 is 19.0 Å². The van der Waals surface area contributed by atoms with Crippen molar-refractivity contribution in [3.8, 4) is 17.8 Å². The van der Waals surface area contributed by atoms with Crippen molar-refractivity contribution >= 4 is 17.7 Å².